The number of ketones is 1. The average molecular weight is 397 g/mol. The third-order valence-corrected chi connectivity index (χ3v) is 5.66. The summed E-state index contributed by atoms with van der Waals surface area (Å²) >= 11 is 3.66. The molecule has 1 aliphatic carbocycles. The Morgan fingerprint density at radius 1 is 1.00 bits per heavy atom. The number of fused-ring (bicyclic) bond motifs is 1. The highest BCUT2D eigenvalue weighted by Crippen LogP contribution is 2.46. The van der Waals surface area contributed by atoms with Crippen molar-refractivity contribution in [2.75, 3.05) is 10.6 Å². The molecule has 4 heteroatoms. The Kier molecular flexibility index (Phi) is 3.95. The first-order valence-electron chi connectivity index (χ1n) is 8.58. The molecule has 1 aliphatic heterocycles. The summed E-state index contributed by atoms with van der Waals surface area (Å²) in [5.41, 5.74) is 5.00. The van der Waals surface area contributed by atoms with Gasteiger partial charge in [-0.15, -0.1) is 0 Å². The predicted molar refractivity (Wildman–Crippen MR) is 106 cm³/mol. The van der Waals surface area contributed by atoms with E-state index in [1.807, 2.05) is 30.3 Å². The van der Waals surface area contributed by atoms with E-state index < -0.39 is 0 Å². The molecule has 0 fully saturated rings. The predicted octanol–water partition coefficient (Wildman–Crippen LogP) is 5.67. The summed E-state index contributed by atoms with van der Waals surface area (Å²) in [7, 11) is 0. The standard InChI is InChI=1S/C21H21BrN2O/c1-21(2)11-17-19(18(25)12-21)20(13-7-3-4-8-14(13)22)24-16-10-6-5-9-15(16)23-17/h3-10,20,23-24H,11-12H2,1-2H3/t20-/m1/s1. The second-order valence-electron chi connectivity index (χ2n) is 7.60. The van der Waals surface area contributed by atoms with Crippen LogP contribution in [0.25, 0.3) is 0 Å². The van der Waals surface area contributed by atoms with Crippen molar-refractivity contribution < 1.29 is 4.79 Å². The van der Waals surface area contributed by atoms with E-state index in [1.165, 1.54) is 0 Å². The second kappa shape index (κ2) is 6.03. The van der Waals surface area contributed by atoms with E-state index in [0.29, 0.717) is 6.42 Å². The lowest BCUT2D eigenvalue weighted by Gasteiger charge is -2.34. The fraction of sp³-hybridized carbons (Fsp3) is 0.286. The van der Waals surface area contributed by atoms with E-state index in [4.69, 9.17) is 0 Å². The molecule has 1 heterocycles. The largest absolute Gasteiger partial charge is 0.372 e. The molecule has 0 saturated carbocycles. The van der Waals surface area contributed by atoms with Crippen molar-refractivity contribution in [3.8, 4) is 0 Å². The molecule has 25 heavy (non-hydrogen) atoms. The van der Waals surface area contributed by atoms with Gasteiger partial charge in [-0.2, -0.15) is 0 Å². The van der Waals surface area contributed by atoms with Crippen LogP contribution in [0.4, 0.5) is 11.4 Å². The molecular weight excluding hydrogens is 376 g/mol. The zero-order valence-electron chi connectivity index (χ0n) is 14.4. The minimum atomic E-state index is -0.162. The second-order valence-corrected chi connectivity index (χ2v) is 8.46. The van der Waals surface area contributed by atoms with Crippen molar-refractivity contribution in [2.45, 2.75) is 32.7 Å². The van der Waals surface area contributed by atoms with Gasteiger partial charge in [-0.25, -0.2) is 0 Å². The van der Waals surface area contributed by atoms with Gasteiger partial charge >= 0.3 is 0 Å². The van der Waals surface area contributed by atoms with Gasteiger partial charge in [0, 0.05) is 22.2 Å². The normalized spacial score (nSPS) is 21.6. The van der Waals surface area contributed by atoms with E-state index >= 15 is 0 Å². The van der Waals surface area contributed by atoms with Gasteiger partial charge in [0.15, 0.2) is 5.78 Å². The lowest BCUT2D eigenvalue weighted by Crippen LogP contribution is -2.31. The Labute approximate surface area is 156 Å². The van der Waals surface area contributed by atoms with Crippen molar-refractivity contribution >= 4 is 33.1 Å². The Balaban J connectivity index is 1.92. The summed E-state index contributed by atoms with van der Waals surface area (Å²) in [6, 6.07) is 16.1. The number of allylic oxidation sites excluding steroid dienone is 1. The van der Waals surface area contributed by atoms with Crippen LogP contribution in [-0.2, 0) is 4.79 Å². The first-order valence-corrected chi connectivity index (χ1v) is 9.37. The number of hydrogen-bond donors (Lipinski definition) is 2. The summed E-state index contributed by atoms with van der Waals surface area (Å²) in [5.74, 6) is 0.222. The molecule has 1 atom stereocenters. The molecule has 3 nitrogen and oxygen atoms in total. The highest BCUT2D eigenvalue weighted by molar-refractivity contribution is 9.10. The fourth-order valence-corrected chi connectivity index (χ4v) is 4.35. The third-order valence-electron chi connectivity index (χ3n) is 4.94. The first kappa shape index (κ1) is 16.4. The molecular formula is C21H21BrN2O. The van der Waals surface area contributed by atoms with Crippen molar-refractivity contribution in [1.82, 2.24) is 0 Å². The van der Waals surface area contributed by atoms with Crippen LogP contribution in [0.1, 0.15) is 38.3 Å². The molecule has 0 radical (unpaired) electrons. The average Bonchev–Trinajstić information content (AvgIpc) is 2.70. The minimum Gasteiger partial charge on any atom is -0.372 e. The highest BCUT2D eigenvalue weighted by atomic mass is 79.9. The van der Waals surface area contributed by atoms with Gasteiger partial charge < -0.3 is 10.6 Å². The Hall–Kier alpha value is -2.07. The number of rotatable bonds is 1. The molecule has 0 saturated heterocycles. The van der Waals surface area contributed by atoms with Crippen LogP contribution < -0.4 is 10.6 Å². The Morgan fingerprint density at radius 2 is 1.68 bits per heavy atom. The highest BCUT2D eigenvalue weighted by Gasteiger charge is 2.38. The zero-order valence-corrected chi connectivity index (χ0v) is 16.0. The summed E-state index contributed by atoms with van der Waals surface area (Å²) in [6.45, 7) is 4.32. The summed E-state index contributed by atoms with van der Waals surface area (Å²) in [6.07, 6.45) is 1.44. The van der Waals surface area contributed by atoms with Gasteiger partial charge in [0.25, 0.3) is 0 Å². The van der Waals surface area contributed by atoms with Crippen molar-refractivity contribution in [3.63, 3.8) is 0 Å². The minimum absolute atomic E-state index is 0.0271. The van der Waals surface area contributed by atoms with E-state index in [9.17, 15) is 4.79 Å². The topological polar surface area (TPSA) is 41.1 Å². The monoisotopic (exact) mass is 396 g/mol. The SMILES string of the molecule is CC1(C)CC(=O)C2=C(C1)Nc1ccccc1N[C@@H]2c1ccccc1Br. The van der Waals surface area contributed by atoms with Crippen LogP contribution in [0.2, 0.25) is 0 Å². The lowest BCUT2D eigenvalue weighted by atomic mass is 9.73. The van der Waals surface area contributed by atoms with Crippen molar-refractivity contribution in [3.05, 3.63) is 69.8 Å². The number of hydrogen-bond acceptors (Lipinski definition) is 3. The summed E-state index contributed by atoms with van der Waals surface area (Å²) in [4.78, 5) is 13.1. The van der Waals surface area contributed by atoms with Crippen molar-refractivity contribution in [2.24, 2.45) is 5.41 Å². The molecule has 2 aliphatic rings. The van der Waals surface area contributed by atoms with Crippen LogP contribution in [0, 0.1) is 5.41 Å². The molecule has 0 amide bonds. The van der Waals surface area contributed by atoms with Crippen LogP contribution in [0.5, 0.6) is 0 Å². The summed E-state index contributed by atoms with van der Waals surface area (Å²) < 4.78 is 1.01. The maximum absolute atomic E-state index is 13.1. The third kappa shape index (κ3) is 2.99. The lowest BCUT2D eigenvalue weighted by molar-refractivity contribution is -0.118. The van der Waals surface area contributed by atoms with Gasteiger partial charge in [0.1, 0.15) is 0 Å². The molecule has 0 unspecified atom stereocenters. The number of carbonyl (C=O) groups is 1. The first-order chi connectivity index (χ1) is 11.9. The van der Waals surface area contributed by atoms with Crippen LogP contribution in [0.15, 0.2) is 64.3 Å². The number of Topliss-reactive ketones (excluding diaryl/α,β-unsaturated/α-hetero) is 1. The number of nitrogens with one attached hydrogen (secondary N) is 2. The number of carbonyl (C=O) groups excluding carboxylic acids is 1. The maximum atomic E-state index is 13.1. The quantitative estimate of drug-likeness (QED) is 0.651. The summed E-state index contributed by atoms with van der Waals surface area (Å²) in [5, 5.41) is 7.15. The Bertz CT molecular complexity index is 885. The fourth-order valence-electron chi connectivity index (χ4n) is 3.83. The van der Waals surface area contributed by atoms with Gasteiger partial charge in [-0.1, -0.05) is 60.1 Å². The van der Waals surface area contributed by atoms with Gasteiger partial charge in [-0.05, 0) is 35.6 Å². The van der Waals surface area contributed by atoms with E-state index in [0.717, 1.165) is 39.1 Å². The van der Waals surface area contributed by atoms with Crippen LogP contribution in [-0.4, -0.2) is 5.78 Å². The van der Waals surface area contributed by atoms with E-state index in [2.05, 4.69) is 58.6 Å². The van der Waals surface area contributed by atoms with Gasteiger partial charge in [0.2, 0.25) is 0 Å². The molecule has 2 aromatic rings. The van der Waals surface area contributed by atoms with E-state index in [-0.39, 0.29) is 17.2 Å². The van der Waals surface area contributed by atoms with Gasteiger partial charge in [0.05, 0.1) is 17.4 Å². The molecule has 128 valence electrons. The number of para-hydroxylation sites is 2. The van der Waals surface area contributed by atoms with Crippen molar-refractivity contribution in [1.29, 1.82) is 0 Å². The Morgan fingerprint density at radius 3 is 2.44 bits per heavy atom. The molecule has 0 bridgehead atoms. The molecule has 2 N–H and O–H groups in total. The number of halogens is 1. The van der Waals surface area contributed by atoms with Crippen LogP contribution in [0.3, 0.4) is 0 Å². The maximum Gasteiger partial charge on any atom is 0.163 e. The van der Waals surface area contributed by atoms with E-state index in [1.54, 1.807) is 0 Å². The molecule has 0 spiro atoms. The number of anilines is 2. The number of benzene rings is 2. The van der Waals surface area contributed by atoms with Crippen LogP contribution >= 0.6 is 15.9 Å². The molecule has 2 aromatic carbocycles. The smallest absolute Gasteiger partial charge is 0.163 e. The zero-order chi connectivity index (χ0) is 17.6. The molecule has 0 aromatic heterocycles. The molecule has 4 rings (SSSR count). The van der Waals surface area contributed by atoms with Gasteiger partial charge in [-0.3, -0.25) is 4.79 Å².